The molecule has 140 valence electrons. The minimum absolute atomic E-state index is 0.0422. The molecule has 0 spiro atoms. The first kappa shape index (κ1) is 19.1. The fraction of sp³-hybridized carbons (Fsp3) is 0.238. The van der Waals surface area contributed by atoms with Crippen LogP contribution in [0.1, 0.15) is 42.3 Å². The van der Waals surface area contributed by atoms with Crippen molar-refractivity contribution in [2.75, 3.05) is 0 Å². The maximum absolute atomic E-state index is 14.0. The van der Waals surface area contributed by atoms with Gasteiger partial charge < -0.3 is 9.47 Å². The molecule has 6 heteroatoms. The Morgan fingerprint density at radius 3 is 2.56 bits per heavy atom. The Bertz CT molecular complexity index is 966. The van der Waals surface area contributed by atoms with Gasteiger partial charge in [0.25, 0.3) is 0 Å². The van der Waals surface area contributed by atoms with E-state index in [1.807, 2.05) is 0 Å². The summed E-state index contributed by atoms with van der Waals surface area (Å²) in [6, 6.07) is 7.34. The third-order valence-electron chi connectivity index (χ3n) is 4.13. The lowest BCUT2D eigenvalue weighted by Gasteiger charge is -2.17. The monoisotopic (exact) mass is 388 g/mol. The molecule has 0 bridgehead atoms. The van der Waals surface area contributed by atoms with Crippen LogP contribution in [0.2, 0.25) is 5.02 Å². The SMILES string of the molecule is Cc1c(OC(=O)C(C)(C)C)ccc2c1O/C(=C\c1c(F)cccc1Cl)C2=O. The van der Waals surface area contributed by atoms with E-state index in [0.717, 1.165) is 0 Å². The van der Waals surface area contributed by atoms with Crippen LogP contribution in [0.5, 0.6) is 11.5 Å². The molecule has 0 fully saturated rings. The number of allylic oxidation sites excluding steroid dienone is 1. The number of ether oxygens (including phenoxy) is 2. The number of Topliss-reactive ketones (excluding diaryl/α,β-unsaturated/α-hetero) is 1. The fourth-order valence-electron chi connectivity index (χ4n) is 2.51. The summed E-state index contributed by atoms with van der Waals surface area (Å²) in [6.07, 6.45) is 1.28. The molecule has 3 rings (SSSR count). The second kappa shape index (κ2) is 6.82. The van der Waals surface area contributed by atoms with Crippen LogP contribution < -0.4 is 9.47 Å². The van der Waals surface area contributed by atoms with Crippen LogP contribution in [-0.4, -0.2) is 11.8 Å². The Hall–Kier alpha value is -2.66. The molecule has 4 nitrogen and oxygen atoms in total. The fourth-order valence-corrected chi connectivity index (χ4v) is 2.73. The number of esters is 1. The molecular formula is C21H18ClFO4. The van der Waals surface area contributed by atoms with Crippen LogP contribution in [0, 0.1) is 18.2 Å². The molecule has 0 N–H and O–H groups in total. The summed E-state index contributed by atoms with van der Waals surface area (Å²) >= 11 is 6.01. The number of rotatable bonds is 2. The van der Waals surface area contributed by atoms with Gasteiger partial charge in [0.15, 0.2) is 5.76 Å². The van der Waals surface area contributed by atoms with Crippen molar-refractivity contribution in [1.29, 1.82) is 0 Å². The molecule has 0 saturated heterocycles. The highest BCUT2D eigenvalue weighted by Gasteiger charge is 2.32. The molecule has 27 heavy (non-hydrogen) atoms. The van der Waals surface area contributed by atoms with Gasteiger partial charge in [-0.05, 0) is 58.0 Å². The van der Waals surface area contributed by atoms with Gasteiger partial charge in [0.1, 0.15) is 17.3 Å². The zero-order chi connectivity index (χ0) is 19.9. The van der Waals surface area contributed by atoms with E-state index in [9.17, 15) is 14.0 Å². The number of carbonyl (C=O) groups excluding carboxylic acids is 2. The van der Waals surface area contributed by atoms with E-state index in [0.29, 0.717) is 16.9 Å². The summed E-state index contributed by atoms with van der Waals surface area (Å²) in [5.74, 6) is -0.785. The summed E-state index contributed by atoms with van der Waals surface area (Å²) in [5.41, 5.74) is 0.241. The predicted octanol–water partition coefficient (Wildman–Crippen LogP) is 5.36. The molecule has 0 aliphatic carbocycles. The largest absolute Gasteiger partial charge is 0.452 e. The molecule has 0 atom stereocenters. The standard InChI is InChI=1S/C21H18ClFO4/c1-11-16(27-20(25)21(2,3)4)9-8-12-18(24)17(26-19(11)12)10-13-14(22)6-5-7-15(13)23/h5-10H,1-4H3/b17-10-. The van der Waals surface area contributed by atoms with Crippen molar-refractivity contribution in [2.24, 2.45) is 5.41 Å². The van der Waals surface area contributed by atoms with Crippen LogP contribution in [-0.2, 0) is 4.79 Å². The molecule has 2 aromatic rings. The summed E-state index contributed by atoms with van der Waals surface area (Å²) in [5, 5.41) is 0.173. The molecule has 0 aromatic heterocycles. The lowest BCUT2D eigenvalue weighted by molar-refractivity contribution is -0.143. The molecule has 1 aliphatic rings. The van der Waals surface area contributed by atoms with E-state index < -0.39 is 17.2 Å². The van der Waals surface area contributed by atoms with Gasteiger partial charge in [-0.25, -0.2) is 4.39 Å². The summed E-state index contributed by atoms with van der Waals surface area (Å²) in [6.45, 7) is 6.93. The van der Waals surface area contributed by atoms with Crippen LogP contribution in [0.15, 0.2) is 36.1 Å². The predicted molar refractivity (Wildman–Crippen MR) is 101 cm³/mol. The highest BCUT2D eigenvalue weighted by molar-refractivity contribution is 6.32. The van der Waals surface area contributed by atoms with Crippen molar-refractivity contribution in [2.45, 2.75) is 27.7 Å². The van der Waals surface area contributed by atoms with Gasteiger partial charge >= 0.3 is 5.97 Å². The second-order valence-electron chi connectivity index (χ2n) is 7.28. The van der Waals surface area contributed by atoms with Gasteiger partial charge in [0.05, 0.1) is 16.0 Å². The maximum atomic E-state index is 14.0. The highest BCUT2D eigenvalue weighted by atomic mass is 35.5. The molecular weight excluding hydrogens is 371 g/mol. The summed E-state index contributed by atoms with van der Waals surface area (Å²) in [7, 11) is 0. The van der Waals surface area contributed by atoms with E-state index in [1.165, 1.54) is 30.3 Å². The first-order valence-corrected chi connectivity index (χ1v) is 8.71. The first-order valence-electron chi connectivity index (χ1n) is 8.33. The maximum Gasteiger partial charge on any atom is 0.316 e. The van der Waals surface area contributed by atoms with Crippen molar-refractivity contribution >= 4 is 29.4 Å². The van der Waals surface area contributed by atoms with Gasteiger partial charge in [-0.15, -0.1) is 0 Å². The van der Waals surface area contributed by atoms with Crippen LogP contribution in [0.25, 0.3) is 6.08 Å². The highest BCUT2D eigenvalue weighted by Crippen LogP contribution is 2.40. The van der Waals surface area contributed by atoms with E-state index in [4.69, 9.17) is 21.1 Å². The number of fused-ring (bicyclic) bond motifs is 1. The average molecular weight is 389 g/mol. The number of hydrogen-bond donors (Lipinski definition) is 0. The topological polar surface area (TPSA) is 52.6 Å². The number of carbonyl (C=O) groups is 2. The van der Waals surface area contributed by atoms with Crippen molar-refractivity contribution in [1.82, 2.24) is 0 Å². The number of halogens is 2. The Kier molecular flexibility index (Phi) is 4.82. The van der Waals surface area contributed by atoms with Gasteiger partial charge in [-0.2, -0.15) is 0 Å². The smallest absolute Gasteiger partial charge is 0.316 e. The quantitative estimate of drug-likeness (QED) is 0.395. The first-order chi connectivity index (χ1) is 12.6. The van der Waals surface area contributed by atoms with Crippen LogP contribution in [0.3, 0.4) is 0 Å². The molecule has 0 saturated carbocycles. The Morgan fingerprint density at radius 2 is 1.93 bits per heavy atom. The second-order valence-corrected chi connectivity index (χ2v) is 7.69. The third kappa shape index (κ3) is 3.60. The van der Waals surface area contributed by atoms with Crippen molar-refractivity contribution in [3.05, 3.63) is 63.6 Å². The van der Waals surface area contributed by atoms with Gasteiger partial charge in [-0.3, -0.25) is 9.59 Å². The molecule has 0 amide bonds. The van der Waals surface area contributed by atoms with Crippen molar-refractivity contribution < 1.29 is 23.5 Å². The minimum Gasteiger partial charge on any atom is -0.452 e. The Morgan fingerprint density at radius 1 is 1.22 bits per heavy atom. The molecule has 1 heterocycles. The van der Waals surface area contributed by atoms with E-state index in [1.54, 1.807) is 33.8 Å². The van der Waals surface area contributed by atoms with E-state index >= 15 is 0 Å². The van der Waals surface area contributed by atoms with E-state index in [2.05, 4.69) is 0 Å². The van der Waals surface area contributed by atoms with Crippen molar-refractivity contribution in [3.63, 3.8) is 0 Å². The molecule has 0 radical (unpaired) electrons. The average Bonchev–Trinajstić information content (AvgIpc) is 2.90. The van der Waals surface area contributed by atoms with Crippen LogP contribution >= 0.6 is 11.6 Å². The number of benzene rings is 2. The third-order valence-corrected chi connectivity index (χ3v) is 4.46. The summed E-state index contributed by atoms with van der Waals surface area (Å²) in [4.78, 5) is 24.7. The zero-order valence-corrected chi connectivity index (χ0v) is 16.1. The Balaban J connectivity index is 1.97. The number of ketones is 1. The molecule has 0 unspecified atom stereocenters. The summed E-state index contributed by atoms with van der Waals surface area (Å²) < 4.78 is 25.1. The molecule has 2 aromatic carbocycles. The van der Waals surface area contributed by atoms with Gasteiger partial charge in [-0.1, -0.05) is 17.7 Å². The van der Waals surface area contributed by atoms with Crippen LogP contribution in [0.4, 0.5) is 4.39 Å². The van der Waals surface area contributed by atoms with Gasteiger partial charge in [0, 0.05) is 11.1 Å². The number of hydrogen-bond acceptors (Lipinski definition) is 4. The van der Waals surface area contributed by atoms with Gasteiger partial charge in [0.2, 0.25) is 5.78 Å². The lowest BCUT2D eigenvalue weighted by atomic mass is 9.97. The zero-order valence-electron chi connectivity index (χ0n) is 15.4. The Labute approximate surface area is 161 Å². The van der Waals surface area contributed by atoms with Crippen molar-refractivity contribution in [3.8, 4) is 11.5 Å². The minimum atomic E-state index is -0.672. The van der Waals surface area contributed by atoms with E-state index in [-0.39, 0.29) is 27.9 Å². The normalized spacial score (nSPS) is 14.9. The lowest BCUT2D eigenvalue weighted by Crippen LogP contribution is -2.25. The molecule has 1 aliphatic heterocycles.